The van der Waals surface area contributed by atoms with E-state index in [9.17, 15) is 4.79 Å². The molecular weight excluding hydrogens is 230 g/mol. The molecular formula is C13H27N3O2. The van der Waals surface area contributed by atoms with E-state index in [1.54, 1.807) is 0 Å². The molecule has 5 heteroatoms. The molecule has 0 radical (unpaired) electrons. The molecule has 0 aromatic heterocycles. The molecule has 106 valence electrons. The van der Waals surface area contributed by atoms with Crippen LogP contribution in [0.2, 0.25) is 0 Å². The van der Waals surface area contributed by atoms with E-state index in [1.807, 2.05) is 0 Å². The molecule has 1 aliphatic heterocycles. The summed E-state index contributed by atoms with van der Waals surface area (Å²) in [7, 11) is 3.60. The molecule has 0 aromatic rings. The molecule has 1 fully saturated rings. The van der Waals surface area contributed by atoms with Gasteiger partial charge in [0.1, 0.15) is 6.04 Å². The van der Waals surface area contributed by atoms with E-state index in [0.29, 0.717) is 6.04 Å². The van der Waals surface area contributed by atoms with Gasteiger partial charge in [-0.15, -0.1) is 0 Å². The number of rotatable bonds is 6. The van der Waals surface area contributed by atoms with E-state index in [2.05, 4.69) is 36.0 Å². The Hall–Kier alpha value is -0.650. The molecule has 0 aliphatic carbocycles. The first kappa shape index (κ1) is 15.4. The highest BCUT2D eigenvalue weighted by molar-refractivity contribution is 5.75. The van der Waals surface area contributed by atoms with Gasteiger partial charge in [0.15, 0.2) is 0 Å². The summed E-state index contributed by atoms with van der Waals surface area (Å²) in [6.07, 6.45) is 1.02. The van der Waals surface area contributed by atoms with Crippen molar-refractivity contribution in [2.75, 3.05) is 46.9 Å². The topological polar surface area (TPSA) is 44.8 Å². The number of carbonyl (C=O) groups excluding carboxylic acids is 1. The van der Waals surface area contributed by atoms with Crippen LogP contribution in [0.3, 0.4) is 0 Å². The van der Waals surface area contributed by atoms with E-state index in [0.717, 1.165) is 39.1 Å². The van der Waals surface area contributed by atoms with Crippen LogP contribution >= 0.6 is 0 Å². The van der Waals surface area contributed by atoms with Gasteiger partial charge in [0, 0.05) is 32.2 Å². The monoisotopic (exact) mass is 257 g/mol. The first-order chi connectivity index (χ1) is 8.58. The van der Waals surface area contributed by atoms with Crippen LogP contribution in [0.25, 0.3) is 0 Å². The first-order valence-corrected chi connectivity index (χ1v) is 6.82. The maximum atomic E-state index is 11.7. The van der Waals surface area contributed by atoms with E-state index < -0.39 is 0 Å². The molecule has 0 bridgehead atoms. The van der Waals surface area contributed by atoms with E-state index in [1.165, 1.54) is 7.11 Å². The molecule has 2 atom stereocenters. The zero-order valence-corrected chi connectivity index (χ0v) is 12.1. The lowest BCUT2D eigenvalue weighted by atomic mass is 10.1. The number of hydrogen-bond acceptors (Lipinski definition) is 5. The summed E-state index contributed by atoms with van der Waals surface area (Å²) < 4.78 is 4.86. The minimum absolute atomic E-state index is 0.157. The smallest absolute Gasteiger partial charge is 0.324 e. The van der Waals surface area contributed by atoms with Crippen molar-refractivity contribution in [3.05, 3.63) is 0 Å². The van der Waals surface area contributed by atoms with Crippen molar-refractivity contribution in [3.8, 4) is 0 Å². The molecule has 2 unspecified atom stereocenters. The Labute approximate surface area is 110 Å². The van der Waals surface area contributed by atoms with Crippen LogP contribution < -0.4 is 5.32 Å². The molecule has 0 aromatic carbocycles. The van der Waals surface area contributed by atoms with Crippen molar-refractivity contribution in [2.24, 2.45) is 0 Å². The number of hydrogen-bond donors (Lipinski definition) is 1. The van der Waals surface area contributed by atoms with Gasteiger partial charge >= 0.3 is 5.97 Å². The highest BCUT2D eigenvalue weighted by atomic mass is 16.5. The van der Waals surface area contributed by atoms with Crippen LogP contribution in [0.5, 0.6) is 0 Å². The fraction of sp³-hybridized carbons (Fsp3) is 0.923. The van der Waals surface area contributed by atoms with Gasteiger partial charge in [-0.05, 0) is 26.9 Å². The van der Waals surface area contributed by atoms with Gasteiger partial charge in [0.2, 0.25) is 0 Å². The number of piperazine rings is 1. The van der Waals surface area contributed by atoms with Crippen molar-refractivity contribution in [1.82, 2.24) is 15.1 Å². The Morgan fingerprint density at radius 3 is 2.78 bits per heavy atom. The van der Waals surface area contributed by atoms with Crippen LogP contribution in [0.1, 0.15) is 20.3 Å². The number of likely N-dealkylation sites (N-methyl/N-ethyl adjacent to an activating group) is 1. The fourth-order valence-corrected chi connectivity index (χ4v) is 2.23. The average Bonchev–Trinajstić information content (AvgIpc) is 2.37. The Bertz CT molecular complexity index is 261. The van der Waals surface area contributed by atoms with Gasteiger partial charge in [-0.1, -0.05) is 6.92 Å². The van der Waals surface area contributed by atoms with Crippen molar-refractivity contribution < 1.29 is 9.53 Å². The zero-order chi connectivity index (χ0) is 13.5. The molecule has 0 spiro atoms. The second kappa shape index (κ2) is 7.71. The zero-order valence-electron chi connectivity index (χ0n) is 12.1. The van der Waals surface area contributed by atoms with Gasteiger partial charge in [-0.3, -0.25) is 9.69 Å². The fourth-order valence-electron chi connectivity index (χ4n) is 2.23. The first-order valence-electron chi connectivity index (χ1n) is 6.82. The number of esters is 1. The van der Waals surface area contributed by atoms with Crippen molar-refractivity contribution in [1.29, 1.82) is 0 Å². The van der Waals surface area contributed by atoms with Crippen LogP contribution in [-0.4, -0.2) is 74.7 Å². The van der Waals surface area contributed by atoms with Crippen molar-refractivity contribution >= 4 is 5.97 Å². The molecule has 1 rings (SSSR count). The lowest BCUT2D eigenvalue weighted by molar-refractivity contribution is -0.143. The third kappa shape index (κ3) is 4.55. The van der Waals surface area contributed by atoms with Crippen LogP contribution in [-0.2, 0) is 9.53 Å². The normalized spacial score (nSPS) is 23.9. The Kier molecular flexibility index (Phi) is 6.60. The van der Waals surface area contributed by atoms with Gasteiger partial charge in [0.25, 0.3) is 0 Å². The molecule has 1 heterocycles. The number of methoxy groups -OCH3 is 1. The quantitative estimate of drug-likeness (QED) is 0.687. The summed E-state index contributed by atoms with van der Waals surface area (Å²) in [6, 6.07) is 0.341. The largest absolute Gasteiger partial charge is 0.468 e. The molecule has 5 nitrogen and oxygen atoms in total. The van der Waals surface area contributed by atoms with E-state index in [4.69, 9.17) is 4.74 Å². The molecule has 18 heavy (non-hydrogen) atoms. The Balaban J connectivity index is 2.47. The average molecular weight is 257 g/mol. The standard InChI is InChI=1S/C13H27N3O2/c1-5-6-14-12(13(17)18-4)10-16-8-7-15(3)11(2)9-16/h11-12,14H,5-10H2,1-4H3. The minimum Gasteiger partial charge on any atom is -0.468 e. The van der Waals surface area contributed by atoms with Crippen LogP contribution in [0.15, 0.2) is 0 Å². The summed E-state index contributed by atoms with van der Waals surface area (Å²) in [5.41, 5.74) is 0. The van der Waals surface area contributed by atoms with E-state index in [-0.39, 0.29) is 12.0 Å². The van der Waals surface area contributed by atoms with Gasteiger partial charge in [0.05, 0.1) is 7.11 Å². The maximum Gasteiger partial charge on any atom is 0.324 e. The van der Waals surface area contributed by atoms with Gasteiger partial charge < -0.3 is 15.0 Å². The number of carbonyl (C=O) groups is 1. The summed E-state index contributed by atoms with van der Waals surface area (Å²) >= 11 is 0. The summed E-state index contributed by atoms with van der Waals surface area (Å²) in [4.78, 5) is 16.4. The SMILES string of the molecule is CCCNC(CN1CCN(C)C(C)C1)C(=O)OC. The number of ether oxygens (including phenoxy) is 1. The number of nitrogens with one attached hydrogen (secondary N) is 1. The minimum atomic E-state index is -0.203. The predicted molar refractivity (Wildman–Crippen MR) is 72.6 cm³/mol. The Morgan fingerprint density at radius 1 is 1.50 bits per heavy atom. The molecule has 0 saturated carbocycles. The molecule has 0 amide bonds. The summed E-state index contributed by atoms with van der Waals surface area (Å²) in [6.45, 7) is 8.99. The van der Waals surface area contributed by atoms with Crippen molar-refractivity contribution in [3.63, 3.8) is 0 Å². The number of nitrogens with zero attached hydrogens (tertiary/aromatic N) is 2. The highest BCUT2D eigenvalue weighted by Crippen LogP contribution is 2.07. The Morgan fingerprint density at radius 2 is 2.22 bits per heavy atom. The third-order valence-corrected chi connectivity index (χ3v) is 3.61. The highest BCUT2D eigenvalue weighted by Gasteiger charge is 2.26. The third-order valence-electron chi connectivity index (χ3n) is 3.61. The van der Waals surface area contributed by atoms with Gasteiger partial charge in [-0.2, -0.15) is 0 Å². The lowest BCUT2D eigenvalue weighted by Gasteiger charge is -2.38. The van der Waals surface area contributed by atoms with Crippen molar-refractivity contribution in [2.45, 2.75) is 32.4 Å². The predicted octanol–water partition coefficient (Wildman–Crippen LogP) is 0.164. The molecule has 1 N–H and O–H groups in total. The van der Waals surface area contributed by atoms with Gasteiger partial charge in [-0.25, -0.2) is 0 Å². The van der Waals surface area contributed by atoms with Crippen LogP contribution in [0.4, 0.5) is 0 Å². The summed E-state index contributed by atoms with van der Waals surface area (Å²) in [5.74, 6) is -0.157. The maximum absolute atomic E-state index is 11.7. The lowest BCUT2D eigenvalue weighted by Crippen LogP contribution is -2.55. The van der Waals surface area contributed by atoms with E-state index >= 15 is 0 Å². The molecule has 1 aliphatic rings. The molecule has 1 saturated heterocycles. The van der Waals surface area contributed by atoms with Crippen LogP contribution in [0, 0.1) is 0 Å². The second-order valence-electron chi connectivity index (χ2n) is 5.12. The second-order valence-corrected chi connectivity index (χ2v) is 5.12. The summed E-state index contributed by atoms with van der Waals surface area (Å²) in [5, 5.41) is 3.26.